The maximum atomic E-state index is 11.0. The summed E-state index contributed by atoms with van der Waals surface area (Å²) in [5, 5.41) is 22.9. The van der Waals surface area contributed by atoms with Crippen LogP contribution in [0.25, 0.3) is 0 Å². The van der Waals surface area contributed by atoms with Crippen LogP contribution in [0.2, 0.25) is 0 Å². The zero-order valence-electron chi connectivity index (χ0n) is 11.7. The van der Waals surface area contributed by atoms with E-state index in [1.54, 1.807) is 0 Å². The van der Waals surface area contributed by atoms with E-state index < -0.39 is 4.92 Å². The van der Waals surface area contributed by atoms with Crippen molar-refractivity contribution in [2.75, 3.05) is 25.0 Å². The van der Waals surface area contributed by atoms with Gasteiger partial charge in [-0.3, -0.25) is 10.1 Å². The van der Waals surface area contributed by atoms with Crippen molar-refractivity contribution in [3.63, 3.8) is 0 Å². The zero-order valence-corrected chi connectivity index (χ0v) is 11.7. The molecule has 1 atom stereocenters. The highest BCUT2D eigenvalue weighted by Gasteiger charge is 2.34. The summed E-state index contributed by atoms with van der Waals surface area (Å²) in [5.41, 5.74) is 0.0686. The molecule has 21 heavy (non-hydrogen) atoms. The molecule has 2 aliphatic rings. The minimum atomic E-state index is -0.499. The van der Waals surface area contributed by atoms with Gasteiger partial charge in [-0.1, -0.05) is 0 Å². The summed E-state index contributed by atoms with van der Waals surface area (Å²) in [4.78, 5) is 17.1. The quantitative estimate of drug-likeness (QED) is 0.655. The monoisotopic (exact) mass is 287 g/mol. The lowest BCUT2D eigenvalue weighted by atomic mass is 10.1. The van der Waals surface area contributed by atoms with Crippen LogP contribution in [0, 0.1) is 27.4 Å². The summed E-state index contributed by atoms with van der Waals surface area (Å²) in [6.07, 6.45) is 5.10. The molecule has 1 saturated carbocycles. The summed E-state index contributed by atoms with van der Waals surface area (Å²) in [6.45, 7) is 2.87. The van der Waals surface area contributed by atoms with Crippen LogP contribution in [0.4, 0.5) is 11.5 Å². The highest BCUT2D eigenvalue weighted by atomic mass is 16.6. The van der Waals surface area contributed by atoms with E-state index in [9.17, 15) is 10.1 Å². The first-order valence-corrected chi connectivity index (χ1v) is 7.20. The molecule has 110 valence electrons. The Hall–Kier alpha value is -2.20. The zero-order chi connectivity index (χ0) is 14.8. The molecule has 1 aromatic heterocycles. The van der Waals surface area contributed by atoms with Gasteiger partial charge in [-0.15, -0.1) is 0 Å². The summed E-state index contributed by atoms with van der Waals surface area (Å²) in [6, 6.07) is 3.91. The number of nitro groups is 1. The van der Waals surface area contributed by atoms with Crippen molar-refractivity contribution in [3.8, 4) is 6.07 Å². The molecule has 0 radical (unpaired) electrons. The van der Waals surface area contributed by atoms with Crippen molar-refractivity contribution in [2.45, 2.75) is 25.3 Å². The molecule has 1 aromatic rings. The van der Waals surface area contributed by atoms with Crippen molar-refractivity contribution >= 4 is 11.5 Å². The molecule has 0 amide bonds. The predicted octanol–water partition coefficient (Wildman–Crippen LogP) is 1.76. The molecule has 2 heterocycles. The van der Waals surface area contributed by atoms with E-state index in [1.165, 1.54) is 25.1 Å². The number of pyridine rings is 1. The van der Waals surface area contributed by atoms with Gasteiger partial charge in [0.05, 0.1) is 10.5 Å². The molecule has 7 nitrogen and oxygen atoms in total. The van der Waals surface area contributed by atoms with Gasteiger partial charge in [-0.05, 0) is 31.7 Å². The van der Waals surface area contributed by atoms with Crippen LogP contribution in [0.3, 0.4) is 0 Å². The minimum Gasteiger partial charge on any atom is -0.364 e. The lowest BCUT2D eigenvalue weighted by molar-refractivity contribution is -0.384. The predicted molar refractivity (Wildman–Crippen MR) is 76.8 cm³/mol. The SMILES string of the molecule is N#Cc1cnc(NCC2CCN(C3CC3)C2)c([N+](=O)[O-])c1. The Kier molecular flexibility index (Phi) is 3.71. The van der Waals surface area contributed by atoms with Crippen LogP contribution < -0.4 is 5.32 Å². The van der Waals surface area contributed by atoms with Gasteiger partial charge < -0.3 is 10.2 Å². The van der Waals surface area contributed by atoms with E-state index in [-0.39, 0.29) is 17.1 Å². The Morgan fingerprint density at radius 3 is 3.00 bits per heavy atom. The third-order valence-electron chi connectivity index (χ3n) is 4.13. The van der Waals surface area contributed by atoms with Crippen LogP contribution in [0.1, 0.15) is 24.8 Å². The molecule has 7 heteroatoms. The van der Waals surface area contributed by atoms with Crippen LogP contribution >= 0.6 is 0 Å². The van der Waals surface area contributed by atoms with E-state index in [1.807, 2.05) is 6.07 Å². The molecule has 1 aliphatic heterocycles. The first-order chi connectivity index (χ1) is 10.2. The van der Waals surface area contributed by atoms with Gasteiger partial charge in [0, 0.05) is 31.4 Å². The number of aromatic nitrogens is 1. The van der Waals surface area contributed by atoms with Crippen molar-refractivity contribution in [2.24, 2.45) is 5.92 Å². The molecule has 0 spiro atoms. The summed E-state index contributed by atoms with van der Waals surface area (Å²) in [7, 11) is 0. The number of nitrogens with zero attached hydrogens (tertiary/aromatic N) is 4. The topological polar surface area (TPSA) is 95.1 Å². The molecule has 1 unspecified atom stereocenters. The van der Waals surface area contributed by atoms with Crippen molar-refractivity contribution in [1.82, 2.24) is 9.88 Å². The summed E-state index contributed by atoms with van der Waals surface area (Å²) in [5.74, 6) is 0.756. The number of hydrogen-bond donors (Lipinski definition) is 1. The third-order valence-corrected chi connectivity index (χ3v) is 4.13. The maximum absolute atomic E-state index is 11.0. The van der Waals surface area contributed by atoms with Crippen LogP contribution in [-0.2, 0) is 0 Å². The molecule has 1 N–H and O–H groups in total. The van der Waals surface area contributed by atoms with Crippen molar-refractivity contribution in [3.05, 3.63) is 27.9 Å². The van der Waals surface area contributed by atoms with E-state index >= 15 is 0 Å². The van der Waals surface area contributed by atoms with Crippen LogP contribution in [-0.4, -0.2) is 40.5 Å². The van der Waals surface area contributed by atoms with E-state index in [0.29, 0.717) is 12.5 Å². The molecule has 1 aliphatic carbocycles. The fraction of sp³-hybridized carbons (Fsp3) is 0.571. The highest BCUT2D eigenvalue weighted by Crippen LogP contribution is 2.32. The Morgan fingerprint density at radius 2 is 2.33 bits per heavy atom. The average molecular weight is 287 g/mol. The Labute approximate surface area is 122 Å². The van der Waals surface area contributed by atoms with Gasteiger partial charge >= 0.3 is 5.69 Å². The fourth-order valence-electron chi connectivity index (χ4n) is 2.83. The van der Waals surface area contributed by atoms with E-state index in [0.717, 1.165) is 25.6 Å². The van der Waals surface area contributed by atoms with Gasteiger partial charge in [0.15, 0.2) is 0 Å². The fourth-order valence-corrected chi connectivity index (χ4v) is 2.83. The minimum absolute atomic E-state index is 0.133. The van der Waals surface area contributed by atoms with E-state index in [2.05, 4.69) is 15.2 Å². The molecule has 3 rings (SSSR count). The van der Waals surface area contributed by atoms with Gasteiger partial charge in [-0.2, -0.15) is 5.26 Å². The average Bonchev–Trinajstić information content (AvgIpc) is 3.24. The Balaban J connectivity index is 1.62. The van der Waals surface area contributed by atoms with Crippen molar-refractivity contribution in [1.29, 1.82) is 5.26 Å². The lowest BCUT2D eigenvalue weighted by Gasteiger charge is -2.15. The maximum Gasteiger partial charge on any atom is 0.312 e. The van der Waals surface area contributed by atoms with Crippen molar-refractivity contribution < 1.29 is 4.92 Å². The van der Waals surface area contributed by atoms with Gasteiger partial charge in [0.25, 0.3) is 0 Å². The number of likely N-dealkylation sites (tertiary alicyclic amines) is 1. The summed E-state index contributed by atoms with van der Waals surface area (Å²) < 4.78 is 0. The second-order valence-electron chi connectivity index (χ2n) is 5.72. The third kappa shape index (κ3) is 3.11. The Morgan fingerprint density at radius 1 is 1.52 bits per heavy atom. The van der Waals surface area contributed by atoms with Crippen LogP contribution in [0.15, 0.2) is 12.3 Å². The molecular weight excluding hydrogens is 270 g/mol. The van der Waals surface area contributed by atoms with Gasteiger partial charge in [0.1, 0.15) is 6.07 Å². The molecule has 0 bridgehead atoms. The lowest BCUT2D eigenvalue weighted by Crippen LogP contribution is -2.25. The number of rotatable bonds is 5. The van der Waals surface area contributed by atoms with Gasteiger partial charge in [0.2, 0.25) is 5.82 Å². The normalized spacial score (nSPS) is 22.0. The summed E-state index contributed by atoms with van der Waals surface area (Å²) >= 11 is 0. The smallest absolute Gasteiger partial charge is 0.312 e. The number of nitriles is 1. The number of nitrogens with one attached hydrogen (secondary N) is 1. The molecular formula is C14H17N5O2. The molecule has 0 aromatic carbocycles. The number of anilines is 1. The Bertz CT molecular complexity index is 594. The number of hydrogen-bond acceptors (Lipinski definition) is 6. The molecule has 2 fully saturated rings. The second-order valence-corrected chi connectivity index (χ2v) is 5.72. The highest BCUT2D eigenvalue weighted by molar-refractivity contribution is 5.58. The second kappa shape index (κ2) is 5.66. The van der Waals surface area contributed by atoms with Crippen LogP contribution in [0.5, 0.6) is 0 Å². The molecule has 1 saturated heterocycles. The largest absolute Gasteiger partial charge is 0.364 e. The first kappa shape index (κ1) is 13.8. The first-order valence-electron chi connectivity index (χ1n) is 7.20. The van der Waals surface area contributed by atoms with Gasteiger partial charge in [-0.25, -0.2) is 4.98 Å². The standard InChI is InChI=1S/C14H17N5O2/c15-6-11-5-13(19(20)21)14(17-8-11)16-7-10-3-4-18(9-10)12-1-2-12/h5,8,10,12H,1-4,7,9H2,(H,16,17). The van der Waals surface area contributed by atoms with E-state index in [4.69, 9.17) is 5.26 Å².